The first kappa shape index (κ1) is 17.9. The first-order valence-corrected chi connectivity index (χ1v) is 9.34. The number of nitrogens with zero attached hydrogens (tertiary/aromatic N) is 3. The molecule has 4 rings (SSSR count). The number of carbonyl (C=O) groups is 1. The third kappa shape index (κ3) is 3.93. The molecule has 0 radical (unpaired) electrons. The van der Waals surface area contributed by atoms with Crippen LogP contribution in [0.1, 0.15) is 23.2 Å². The van der Waals surface area contributed by atoms with Crippen LogP contribution in [0.15, 0.2) is 24.4 Å². The van der Waals surface area contributed by atoms with Gasteiger partial charge in [-0.1, -0.05) is 6.07 Å². The number of morpholine rings is 1. The SMILES string of the molecule is Cc1ccc(NC(=O)[C@H]2CCc3nc(N4CCOCC4)ncc3C2)c(F)c1. The van der Waals surface area contributed by atoms with Crippen molar-refractivity contribution in [1.29, 1.82) is 0 Å². The Bertz CT molecular complexity index is 852. The van der Waals surface area contributed by atoms with Crippen molar-refractivity contribution in [2.24, 2.45) is 5.92 Å². The van der Waals surface area contributed by atoms with Gasteiger partial charge < -0.3 is 15.0 Å². The Morgan fingerprint density at radius 3 is 2.93 bits per heavy atom. The molecule has 1 aliphatic carbocycles. The van der Waals surface area contributed by atoms with Gasteiger partial charge in [-0.05, 0) is 49.4 Å². The van der Waals surface area contributed by atoms with Gasteiger partial charge in [0.05, 0.1) is 18.9 Å². The van der Waals surface area contributed by atoms with Crippen molar-refractivity contribution < 1.29 is 13.9 Å². The van der Waals surface area contributed by atoms with Crippen LogP contribution in [0.5, 0.6) is 0 Å². The van der Waals surface area contributed by atoms with Gasteiger partial charge in [-0.3, -0.25) is 4.79 Å². The highest BCUT2D eigenvalue weighted by atomic mass is 19.1. The Morgan fingerprint density at radius 1 is 1.33 bits per heavy atom. The summed E-state index contributed by atoms with van der Waals surface area (Å²) in [5, 5.41) is 2.72. The Kier molecular flexibility index (Phi) is 5.03. The molecule has 142 valence electrons. The van der Waals surface area contributed by atoms with Gasteiger partial charge >= 0.3 is 0 Å². The van der Waals surface area contributed by atoms with Crippen molar-refractivity contribution in [2.75, 3.05) is 36.5 Å². The monoisotopic (exact) mass is 370 g/mol. The van der Waals surface area contributed by atoms with Gasteiger partial charge in [-0.25, -0.2) is 14.4 Å². The number of aromatic nitrogens is 2. The van der Waals surface area contributed by atoms with E-state index in [1.807, 2.05) is 13.1 Å². The fourth-order valence-electron chi connectivity index (χ4n) is 3.59. The lowest BCUT2D eigenvalue weighted by molar-refractivity contribution is -0.120. The largest absolute Gasteiger partial charge is 0.378 e. The van der Waals surface area contributed by atoms with Crippen LogP contribution >= 0.6 is 0 Å². The van der Waals surface area contributed by atoms with E-state index in [4.69, 9.17) is 9.72 Å². The van der Waals surface area contributed by atoms with Gasteiger partial charge in [-0.15, -0.1) is 0 Å². The molecule has 7 heteroatoms. The quantitative estimate of drug-likeness (QED) is 0.899. The molecule has 2 heterocycles. The van der Waals surface area contributed by atoms with Crippen molar-refractivity contribution in [1.82, 2.24) is 9.97 Å². The highest BCUT2D eigenvalue weighted by Gasteiger charge is 2.27. The molecule has 0 saturated carbocycles. The predicted molar refractivity (Wildman–Crippen MR) is 100 cm³/mol. The summed E-state index contributed by atoms with van der Waals surface area (Å²) in [4.78, 5) is 23.9. The second kappa shape index (κ2) is 7.60. The van der Waals surface area contributed by atoms with Crippen LogP contribution in [-0.2, 0) is 22.4 Å². The second-order valence-corrected chi connectivity index (χ2v) is 7.15. The van der Waals surface area contributed by atoms with E-state index in [0.717, 1.165) is 42.3 Å². The number of benzene rings is 1. The maximum atomic E-state index is 14.0. The van der Waals surface area contributed by atoms with Crippen LogP contribution in [0, 0.1) is 18.7 Å². The van der Waals surface area contributed by atoms with Gasteiger partial charge in [0.15, 0.2) is 0 Å². The van der Waals surface area contributed by atoms with E-state index < -0.39 is 5.82 Å². The molecule has 1 aliphatic heterocycles. The molecule has 1 atom stereocenters. The number of fused-ring (bicyclic) bond motifs is 1. The normalized spacial score (nSPS) is 19.5. The molecule has 2 aromatic rings. The van der Waals surface area contributed by atoms with Crippen molar-refractivity contribution in [2.45, 2.75) is 26.2 Å². The second-order valence-electron chi connectivity index (χ2n) is 7.15. The molecule has 0 unspecified atom stereocenters. The fraction of sp³-hybridized carbons (Fsp3) is 0.450. The third-order valence-corrected chi connectivity index (χ3v) is 5.18. The molecule has 0 bridgehead atoms. The van der Waals surface area contributed by atoms with Crippen LogP contribution in [0.25, 0.3) is 0 Å². The zero-order valence-electron chi connectivity index (χ0n) is 15.4. The van der Waals surface area contributed by atoms with E-state index >= 15 is 0 Å². The number of hydrogen-bond acceptors (Lipinski definition) is 5. The molecule has 1 aromatic heterocycles. The molecule has 6 nitrogen and oxygen atoms in total. The van der Waals surface area contributed by atoms with E-state index in [1.165, 1.54) is 6.07 Å². The number of hydrogen-bond donors (Lipinski definition) is 1. The van der Waals surface area contributed by atoms with E-state index in [0.29, 0.717) is 26.1 Å². The Hall–Kier alpha value is -2.54. The molecule has 27 heavy (non-hydrogen) atoms. The zero-order valence-corrected chi connectivity index (χ0v) is 15.4. The van der Waals surface area contributed by atoms with Crippen LogP contribution in [-0.4, -0.2) is 42.2 Å². The molecule has 1 N–H and O–H groups in total. The molecule has 0 spiro atoms. The molecular weight excluding hydrogens is 347 g/mol. The van der Waals surface area contributed by atoms with Crippen LogP contribution in [0.2, 0.25) is 0 Å². The van der Waals surface area contributed by atoms with E-state index in [9.17, 15) is 9.18 Å². The predicted octanol–water partition coefficient (Wildman–Crippen LogP) is 2.50. The average Bonchev–Trinajstić information content (AvgIpc) is 2.70. The lowest BCUT2D eigenvalue weighted by Gasteiger charge is -2.28. The smallest absolute Gasteiger partial charge is 0.227 e. The molecule has 1 saturated heterocycles. The van der Waals surface area contributed by atoms with Gasteiger partial charge in [0, 0.05) is 30.9 Å². The lowest BCUT2D eigenvalue weighted by Crippen LogP contribution is -2.38. The van der Waals surface area contributed by atoms with Gasteiger partial charge in [0.1, 0.15) is 5.82 Å². The first-order valence-electron chi connectivity index (χ1n) is 9.34. The van der Waals surface area contributed by atoms with Gasteiger partial charge in [0.2, 0.25) is 11.9 Å². The average molecular weight is 370 g/mol. The number of halogens is 1. The summed E-state index contributed by atoms with van der Waals surface area (Å²) in [6, 6.07) is 4.82. The molecule has 1 fully saturated rings. The van der Waals surface area contributed by atoms with Crippen LogP contribution in [0.3, 0.4) is 0 Å². The van der Waals surface area contributed by atoms with E-state index in [-0.39, 0.29) is 17.5 Å². The third-order valence-electron chi connectivity index (χ3n) is 5.18. The molecular formula is C20H23FN4O2. The van der Waals surface area contributed by atoms with Crippen LogP contribution < -0.4 is 10.2 Å². The molecule has 1 aromatic carbocycles. The number of ether oxygens (including phenoxy) is 1. The summed E-state index contributed by atoms with van der Waals surface area (Å²) < 4.78 is 19.4. The minimum atomic E-state index is -0.405. The maximum absolute atomic E-state index is 14.0. The number of amides is 1. The van der Waals surface area contributed by atoms with Gasteiger partial charge in [0.25, 0.3) is 0 Å². The van der Waals surface area contributed by atoms with Crippen molar-refractivity contribution >= 4 is 17.5 Å². The Labute approximate surface area is 157 Å². The minimum absolute atomic E-state index is 0.152. The van der Waals surface area contributed by atoms with Crippen LogP contribution in [0.4, 0.5) is 16.0 Å². The number of nitrogens with one attached hydrogen (secondary N) is 1. The first-order chi connectivity index (χ1) is 13.1. The number of anilines is 2. The summed E-state index contributed by atoms with van der Waals surface area (Å²) in [5.41, 5.74) is 3.07. The fourth-order valence-corrected chi connectivity index (χ4v) is 3.59. The van der Waals surface area contributed by atoms with Gasteiger partial charge in [-0.2, -0.15) is 0 Å². The van der Waals surface area contributed by atoms with E-state index in [1.54, 1.807) is 12.1 Å². The Balaban J connectivity index is 1.44. The van der Waals surface area contributed by atoms with Crippen molar-refractivity contribution in [3.05, 3.63) is 47.0 Å². The van der Waals surface area contributed by atoms with E-state index in [2.05, 4.69) is 15.2 Å². The summed E-state index contributed by atoms with van der Waals surface area (Å²) in [7, 11) is 0. The van der Waals surface area contributed by atoms with Crippen molar-refractivity contribution in [3.63, 3.8) is 0 Å². The number of aryl methyl sites for hydroxylation is 2. The van der Waals surface area contributed by atoms with Crippen molar-refractivity contribution in [3.8, 4) is 0 Å². The Morgan fingerprint density at radius 2 is 2.15 bits per heavy atom. The molecule has 1 amide bonds. The summed E-state index contributed by atoms with van der Waals surface area (Å²) >= 11 is 0. The maximum Gasteiger partial charge on any atom is 0.227 e. The highest BCUT2D eigenvalue weighted by Crippen LogP contribution is 2.27. The summed E-state index contributed by atoms with van der Waals surface area (Å²) in [5.74, 6) is -0.0172. The summed E-state index contributed by atoms with van der Waals surface area (Å²) in [6.07, 6.45) is 3.84. The standard InChI is InChI=1S/C20H23FN4O2/c1-13-2-4-18(16(21)10-13)23-19(26)14-3-5-17-15(11-14)12-22-20(24-17)25-6-8-27-9-7-25/h2,4,10,12,14H,3,5-9,11H2,1H3,(H,23,26)/t14-/m0/s1. The highest BCUT2D eigenvalue weighted by molar-refractivity contribution is 5.93. The number of rotatable bonds is 3. The summed E-state index contributed by atoms with van der Waals surface area (Å²) in [6.45, 7) is 4.80. The number of carbonyl (C=O) groups excluding carboxylic acids is 1. The molecule has 2 aliphatic rings. The minimum Gasteiger partial charge on any atom is -0.378 e. The zero-order chi connectivity index (χ0) is 18.8. The lowest BCUT2D eigenvalue weighted by atomic mass is 9.86. The topological polar surface area (TPSA) is 67.4 Å².